The molecule has 0 aromatic rings. The number of nitrogens with zero attached hydrogens (tertiary/aromatic N) is 1. The molecule has 7 heteroatoms. The van der Waals surface area contributed by atoms with Crippen molar-refractivity contribution in [3.8, 4) is 0 Å². The van der Waals surface area contributed by atoms with E-state index in [1.807, 2.05) is 0 Å². The van der Waals surface area contributed by atoms with Gasteiger partial charge in [0.2, 0.25) is 0 Å². The van der Waals surface area contributed by atoms with Crippen molar-refractivity contribution in [1.82, 2.24) is 0 Å². The van der Waals surface area contributed by atoms with E-state index in [4.69, 9.17) is 10.2 Å². The van der Waals surface area contributed by atoms with Crippen LogP contribution in [0.25, 0.3) is 0 Å². The van der Waals surface area contributed by atoms with Crippen LogP contribution < -0.4 is 5.11 Å². The Bertz CT molecular complexity index is 578. The fourth-order valence-corrected chi connectivity index (χ4v) is 5.07. The maximum Gasteiger partial charge on any atom is 0.359 e. The van der Waals surface area contributed by atoms with E-state index in [2.05, 4.69) is 19.1 Å². The second kappa shape index (κ2) is 24.4. The zero-order chi connectivity index (χ0) is 27.6. The van der Waals surface area contributed by atoms with Gasteiger partial charge in [0.1, 0.15) is 6.54 Å². The predicted octanol–water partition coefficient (Wildman–Crippen LogP) is 6.10. The fourth-order valence-electron chi connectivity index (χ4n) is 5.07. The number of allylic oxidation sites excluding steroid dienone is 2. The molecule has 0 amide bonds. The van der Waals surface area contributed by atoms with Crippen LogP contribution in [0, 0.1) is 0 Å². The van der Waals surface area contributed by atoms with Gasteiger partial charge in [0.15, 0.2) is 13.1 Å². The molecule has 0 aliphatic heterocycles. The van der Waals surface area contributed by atoms with Crippen molar-refractivity contribution < 1.29 is 34.2 Å². The largest absolute Gasteiger partial charge is 0.544 e. The van der Waals surface area contributed by atoms with Crippen molar-refractivity contribution in [2.45, 2.75) is 135 Å². The molecule has 0 saturated heterocycles. The van der Waals surface area contributed by atoms with Gasteiger partial charge in [0.25, 0.3) is 0 Å². The highest BCUT2D eigenvalue weighted by molar-refractivity contribution is 5.72. The molecule has 0 atom stereocenters. The van der Waals surface area contributed by atoms with Gasteiger partial charge in [-0.3, -0.25) is 0 Å². The van der Waals surface area contributed by atoms with Crippen molar-refractivity contribution in [3.63, 3.8) is 0 Å². The quantitative estimate of drug-likeness (QED) is 0.0724. The molecule has 0 bridgehead atoms. The van der Waals surface area contributed by atoms with Gasteiger partial charge in [-0.1, -0.05) is 115 Å². The van der Waals surface area contributed by atoms with Crippen LogP contribution in [0.4, 0.5) is 0 Å². The second-order valence-electron chi connectivity index (χ2n) is 10.7. The molecule has 0 spiro atoms. The summed E-state index contributed by atoms with van der Waals surface area (Å²) in [7, 11) is 0. The van der Waals surface area contributed by atoms with Crippen LogP contribution in [0.2, 0.25) is 0 Å². The molecule has 0 unspecified atom stereocenters. The lowest BCUT2D eigenvalue weighted by Gasteiger charge is -2.36. The Hall–Kier alpha value is -1.89. The minimum Gasteiger partial charge on any atom is -0.544 e. The van der Waals surface area contributed by atoms with E-state index in [0.29, 0.717) is 6.42 Å². The number of hydrogen-bond donors (Lipinski definition) is 2. The molecule has 0 heterocycles. The van der Waals surface area contributed by atoms with Crippen LogP contribution >= 0.6 is 0 Å². The van der Waals surface area contributed by atoms with Crippen molar-refractivity contribution >= 4 is 17.9 Å². The summed E-state index contributed by atoms with van der Waals surface area (Å²) in [6.45, 7) is 0.790. The highest BCUT2D eigenvalue weighted by Gasteiger charge is 2.33. The highest BCUT2D eigenvalue weighted by Crippen LogP contribution is 2.16. The Morgan fingerprint density at radius 3 is 1.24 bits per heavy atom. The molecule has 0 fully saturated rings. The van der Waals surface area contributed by atoms with Crippen molar-refractivity contribution in [2.75, 3.05) is 26.2 Å². The van der Waals surface area contributed by atoms with Crippen LogP contribution in [-0.4, -0.2) is 58.8 Å². The third-order valence-electron chi connectivity index (χ3n) is 7.06. The van der Waals surface area contributed by atoms with Crippen LogP contribution in [0.5, 0.6) is 0 Å². The van der Waals surface area contributed by atoms with Crippen molar-refractivity contribution in [1.29, 1.82) is 0 Å². The van der Waals surface area contributed by atoms with E-state index in [-0.39, 0.29) is 6.54 Å². The van der Waals surface area contributed by atoms with Gasteiger partial charge in [-0.2, -0.15) is 0 Å². The number of quaternary nitrogens is 1. The topological polar surface area (TPSA) is 115 Å². The lowest BCUT2D eigenvalue weighted by molar-refractivity contribution is -0.909. The van der Waals surface area contributed by atoms with E-state index in [0.717, 1.165) is 25.7 Å². The summed E-state index contributed by atoms with van der Waals surface area (Å²) < 4.78 is -0.496. The molecule has 37 heavy (non-hydrogen) atoms. The number of carbonyl (C=O) groups is 3. The lowest BCUT2D eigenvalue weighted by Crippen LogP contribution is -2.59. The first-order valence-corrected chi connectivity index (χ1v) is 14.9. The molecule has 0 aliphatic carbocycles. The standard InChI is InChI=1S/C30H55NO6/c1-2-3-4-5-6-7-8-9-10-11-12-13-14-15-16-17-18-19-20-21-22-23-24-31(25-28(32)33,26-29(34)35)27-30(36)37/h3-4H,2,5-27H2,1H3,(H2-,32,33,34,35,36,37)/b4-3+. The first-order chi connectivity index (χ1) is 17.8. The third kappa shape index (κ3) is 24.2. The Morgan fingerprint density at radius 1 is 0.568 bits per heavy atom. The first-order valence-electron chi connectivity index (χ1n) is 14.9. The molecule has 0 aromatic heterocycles. The molecule has 216 valence electrons. The number of aliphatic carboxylic acids is 3. The Morgan fingerprint density at radius 2 is 0.919 bits per heavy atom. The summed E-state index contributed by atoms with van der Waals surface area (Å²) in [4.78, 5) is 33.4. The molecule has 0 aromatic carbocycles. The van der Waals surface area contributed by atoms with E-state index in [9.17, 15) is 19.5 Å². The van der Waals surface area contributed by atoms with Crippen LogP contribution in [0.3, 0.4) is 0 Å². The fraction of sp³-hybridized carbons (Fsp3) is 0.833. The summed E-state index contributed by atoms with van der Waals surface area (Å²) in [5, 5.41) is 29.3. The van der Waals surface area contributed by atoms with Crippen LogP contribution in [0.1, 0.15) is 135 Å². The molecular weight excluding hydrogens is 470 g/mol. The molecule has 2 N–H and O–H groups in total. The maximum absolute atomic E-state index is 11.2. The molecule has 0 rings (SSSR count). The summed E-state index contributed by atoms with van der Waals surface area (Å²) in [5.74, 6) is -3.81. The minimum atomic E-state index is -1.42. The summed E-state index contributed by atoms with van der Waals surface area (Å²) >= 11 is 0. The average molecular weight is 526 g/mol. The van der Waals surface area contributed by atoms with Gasteiger partial charge in [-0.05, 0) is 32.1 Å². The van der Waals surface area contributed by atoms with Gasteiger partial charge >= 0.3 is 11.9 Å². The SMILES string of the molecule is CC/C=C/CCCCCCCCCCCCCCCCCCCC[N+](CC(=O)[O-])(CC(=O)O)CC(=O)O. The summed E-state index contributed by atoms with van der Waals surface area (Å²) in [6, 6.07) is 0. The number of carboxylic acids is 3. The third-order valence-corrected chi connectivity index (χ3v) is 7.06. The molecule has 0 aliphatic rings. The zero-order valence-electron chi connectivity index (χ0n) is 23.6. The van der Waals surface area contributed by atoms with Gasteiger partial charge < -0.3 is 24.6 Å². The normalized spacial score (nSPS) is 11.8. The van der Waals surface area contributed by atoms with E-state index < -0.39 is 42.0 Å². The zero-order valence-corrected chi connectivity index (χ0v) is 23.6. The molecule has 0 radical (unpaired) electrons. The lowest BCUT2D eigenvalue weighted by atomic mass is 10.0. The van der Waals surface area contributed by atoms with Crippen LogP contribution in [-0.2, 0) is 14.4 Å². The number of carbonyl (C=O) groups excluding carboxylic acids is 1. The number of carboxylic acid groups (broad SMARTS) is 3. The van der Waals surface area contributed by atoms with Gasteiger partial charge in [-0.25, -0.2) is 9.59 Å². The predicted molar refractivity (Wildman–Crippen MR) is 147 cm³/mol. The maximum atomic E-state index is 11.2. The highest BCUT2D eigenvalue weighted by atomic mass is 16.4. The Balaban J connectivity index is 3.61. The number of unbranched alkanes of at least 4 members (excludes halogenated alkanes) is 18. The first kappa shape index (κ1) is 35.1. The Kier molecular flexibility index (Phi) is 23.2. The van der Waals surface area contributed by atoms with E-state index >= 15 is 0 Å². The van der Waals surface area contributed by atoms with Gasteiger partial charge in [0, 0.05) is 0 Å². The van der Waals surface area contributed by atoms with Gasteiger partial charge in [-0.15, -0.1) is 0 Å². The molecule has 7 nitrogen and oxygen atoms in total. The Labute approximate surface area is 225 Å². The summed E-state index contributed by atoms with van der Waals surface area (Å²) in [5.41, 5.74) is 0. The van der Waals surface area contributed by atoms with Crippen molar-refractivity contribution in [3.05, 3.63) is 12.2 Å². The smallest absolute Gasteiger partial charge is 0.359 e. The van der Waals surface area contributed by atoms with E-state index in [1.165, 1.54) is 96.3 Å². The monoisotopic (exact) mass is 525 g/mol. The van der Waals surface area contributed by atoms with Crippen LogP contribution in [0.15, 0.2) is 12.2 Å². The second-order valence-corrected chi connectivity index (χ2v) is 10.7. The summed E-state index contributed by atoms with van der Waals surface area (Å²) in [6.07, 6.45) is 29.2. The van der Waals surface area contributed by atoms with Crippen molar-refractivity contribution in [2.24, 2.45) is 0 Å². The molecule has 0 saturated carbocycles. The number of rotatable bonds is 28. The minimum absolute atomic E-state index is 0.226. The van der Waals surface area contributed by atoms with E-state index in [1.54, 1.807) is 0 Å². The molecular formula is C30H55NO6. The van der Waals surface area contributed by atoms with Gasteiger partial charge in [0.05, 0.1) is 12.5 Å². The number of hydrogen-bond acceptors (Lipinski definition) is 4. The average Bonchev–Trinajstić information content (AvgIpc) is 2.81.